The van der Waals surface area contributed by atoms with Crippen LogP contribution in [0, 0.1) is 23.1 Å². The number of hydrogen-bond acceptors (Lipinski definition) is 4. The predicted octanol–water partition coefficient (Wildman–Crippen LogP) is 5.22. The molecule has 0 bridgehead atoms. The third-order valence-electron chi connectivity index (χ3n) is 6.85. The van der Waals surface area contributed by atoms with Crippen LogP contribution in [0.4, 0.5) is 10.1 Å². The molecule has 4 rings (SSSR count). The Labute approximate surface area is 218 Å². The Kier molecular flexibility index (Phi) is 8.10. The predicted molar refractivity (Wildman–Crippen MR) is 143 cm³/mol. The summed E-state index contributed by atoms with van der Waals surface area (Å²) in [6, 6.07) is 15.9. The molecule has 2 heterocycles. The molecule has 1 aliphatic heterocycles. The van der Waals surface area contributed by atoms with Gasteiger partial charge in [-0.05, 0) is 62.3 Å². The van der Waals surface area contributed by atoms with Crippen molar-refractivity contribution in [3.8, 4) is 6.07 Å². The third kappa shape index (κ3) is 5.76. The first-order valence-corrected chi connectivity index (χ1v) is 14.0. The van der Waals surface area contributed by atoms with E-state index in [2.05, 4.69) is 33.5 Å². The Hall–Kier alpha value is -3.48. The van der Waals surface area contributed by atoms with Crippen molar-refractivity contribution in [2.45, 2.75) is 50.5 Å². The van der Waals surface area contributed by atoms with E-state index in [1.54, 1.807) is 23.9 Å². The summed E-state index contributed by atoms with van der Waals surface area (Å²) in [5.41, 5.74) is 2.53. The quantitative estimate of drug-likeness (QED) is 0.446. The van der Waals surface area contributed by atoms with E-state index in [0.29, 0.717) is 41.2 Å². The van der Waals surface area contributed by atoms with Crippen molar-refractivity contribution >= 4 is 21.5 Å². The van der Waals surface area contributed by atoms with Gasteiger partial charge in [-0.3, -0.25) is 4.79 Å². The van der Waals surface area contributed by atoms with Crippen LogP contribution in [0.3, 0.4) is 0 Å². The van der Waals surface area contributed by atoms with E-state index in [9.17, 15) is 13.4 Å². The molecule has 2 N–H and O–H groups in total. The van der Waals surface area contributed by atoms with Gasteiger partial charge < -0.3 is 9.88 Å². The Morgan fingerprint density at radius 1 is 1.32 bits per heavy atom. The standard InChI is InChI=1S/C28H32FN5O2S/c1-4-31-37(36)26-18-34(3)27(28(35)32-22-12-14-24(29)21(16-22)17-30)23(26)13-15-25(33-37)19(2)10-11-20-8-6-5-7-9-20/h5-9,12,14,16,18-19,25H,4,10-11,13,15H2,1-3H3,(H,32,35)(H,31,33,36)/t19?,25-,37?/m1/s1. The molecular weight excluding hydrogens is 489 g/mol. The first kappa shape index (κ1) is 26.6. The summed E-state index contributed by atoms with van der Waals surface area (Å²) in [7, 11) is -1.22. The Bertz CT molecular complexity index is 1450. The second-order valence-corrected chi connectivity index (χ2v) is 11.4. The summed E-state index contributed by atoms with van der Waals surface area (Å²) in [5.74, 6) is -0.813. The number of nitrogens with one attached hydrogen (secondary N) is 2. The zero-order valence-corrected chi connectivity index (χ0v) is 22.1. The van der Waals surface area contributed by atoms with Crippen molar-refractivity contribution in [2.75, 3.05) is 11.9 Å². The van der Waals surface area contributed by atoms with Crippen LogP contribution in [0.1, 0.15) is 53.9 Å². The maximum atomic E-state index is 14.2. The number of carbonyl (C=O) groups excluding carboxylic acids is 1. The van der Waals surface area contributed by atoms with Crippen LogP contribution in [0.15, 0.2) is 64.0 Å². The van der Waals surface area contributed by atoms with Crippen molar-refractivity contribution in [2.24, 2.45) is 17.3 Å². The van der Waals surface area contributed by atoms with E-state index < -0.39 is 21.6 Å². The number of halogens is 1. The van der Waals surface area contributed by atoms with Crippen LogP contribution in [0.25, 0.3) is 0 Å². The molecule has 0 aliphatic carbocycles. The van der Waals surface area contributed by atoms with Crippen LogP contribution in [0.2, 0.25) is 0 Å². The fraction of sp³-hybridized carbons (Fsp3) is 0.357. The molecular formula is C28H32FN5O2S. The van der Waals surface area contributed by atoms with Gasteiger partial charge in [0.15, 0.2) is 0 Å². The van der Waals surface area contributed by atoms with E-state index in [0.717, 1.165) is 18.9 Å². The molecule has 0 radical (unpaired) electrons. The lowest BCUT2D eigenvalue weighted by molar-refractivity contribution is 0.101. The Balaban J connectivity index is 1.61. The van der Waals surface area contributed by atoms with Gasteiger partial charge >= 0.3 is 0 Å². The van der Waals surface area contributed by atoms with Crippen molar-refractivity contribution < 1.29 is 13.4 Å². The summed E-state index contributed by atoms with van der Waals surface area (Å²) in [6.45, 7) is 4.39. The van der Waals surface area contributed by atoms with Crippen molar-refractivity contribution in [1.82, 2.24) is 9.29 Å². The van der Waals surface area contributed by atoms with E-state index in [1.165, 1.54) is 17.7 Å². The van der Waals surface area contributed by atoms with Gasteiger partial charge in [0.05, 0.1) is 10.5 Å². The van der Waals surface area contributed by atoms with Gasteiger partial charge in [0.25, 0.3) is 5.91 Å². The largest absolute Gasteiger partial charge is 0.345 e. The number of nitriles is 1. The number of aryl methyl sites for hydroxylation is 2. The van der Waals surface area contributed by atoms with Gasteiger partial charge in [0.1, 0.15) is 27.5 Å². The first-order chi connectivity index (χ1) is 17.8. The van der Waals surface area contributed by atoms with E-state index in [1.807, 2.05) is 25.1 Å². The molecule has 2 unspecified atom stereocenters. The highest BCUT2D eigenvalue weighted by atomic mass is 32.2. The number of carbonyl (C=O) groups is 1. The van der Waals surface area contributed by atoms with Gasteiger partial charge in [0, 0.05) is 37.1 Å². The zero-order chi connectivity index (χ0) is 26.6. The number of benzene rings is 2. The molecule has 2 aromatic carbocycles. The monoisotopic (exact) mass is 521 g/mol. The summed E-state index contributed by atoms with van der Waals surface area (Å²) in [6.07, 6.45) is 4.85. The molecule has 1 amide bonds. The van der Waals surface area contributed by atoms with Gasteiger partial charge in [-0.1, -0.05) is 37.3 Å². The van der Waals surface area contributed by atoms with E-state index in [-0.39, 0.29) is 17.5 Å². The summed E-state index contributed by atoms with van der Waals surface area (Å²) in [4.78, 5) is 13.9. The average Bonchev–Trinajstić information content (AvgIpc) is 3.16. The molecule has 3 atom stereocenters. The highest BCUT2D eigenvalue weighted by molar-refractivity contribution is 7.91. The molecule has 3 aromatic rings. The minimum Gasteiger partial charge on any atom is -0.345 e. The second-order valence-electron chi connectivity index (χ2n) is 9.43. The van der Waals surface area contributed by atoms with Crippen molar-refractivity contribution in [3.63, 3.8) is 0 Å². The number of anilines is 1. The van der Waals surface area contributed by atoms with Gasteiger partial charge in [0.2, 0.25) is 0 Å². The van der Waals surface area contributed by atoms with Gasteiger partial charge in [-0.25, -0.2) is 17.7 Å². The number of amides is 1. The van der Waals surface area contributed by atoms with Gasteiger partial charge in [-0.15, -0.1) is 0 Å². The van der Waals surface area contributed by atoms with Crippen LogP contribution in [-0.4, -0.2) is 27.3 Å². The molecule has 1 aromatic heterocycles. The summed E-state index contributed by atoms with van der Waals surface area (Å²) < 4.78 is 37.5. The minimum atomic E-state index is -2.96. The topological polar surface area (TPSA) is 99.3 Å². The van der Waals surface area contributed by atoms with Crippen LogP contribution in [0.5, 0.6) is 0 Å². The fourth-order valence-electron chi connectivity index (χ4n) is 4.86. The molecule has 9 heteroatoms. The van der Waals surface area contributed by atoms with Crippen LogP contribution < -0.4 is 10.0 Å². The van der Waals surface area contributed by atoms with Gasteiger partial charge in [-0.2, -0.15) is 5.26 Å². The molecule has 0 fully saturated rings. The molecule has 194 valence electrons. The van der Waals surface area contributed by atoms with E-state index >= 15 is 0 Å². The average molecular weight is 522 g/mol. The second kappa shape index (κ2) is 11.3. The lowest BCUT2D eigenvalue weighted by Crippen LogP contribution is -2.38. The van der Waals surface area contributed by atoms with Crippen LogP contribution in [-0.2, 0) is 29.8 Å². The molecule has 7 nitrogen and oxygen atoms in total. The fourth-order valence-corrected chi connectivity index (χ4v) is 7.16. The minimum absolute atomic E-state index is 0.0320. The Morgan fingerprint density at radius 2 is 2.08 bits per heavy atom. The smallest absolute Gasteiger partial charge is 0.272 e. The SMILES string of the molecule is CCN=S1(=O)N[C@@H](C(C)CCc2ccccc2)CCc2c1cn(C)c2C(=O)Nc1ccc(F)c(C#N)c1. The summed E-state index contributed by atoms with van der Waals surface area (Å²) in [5, 5.41) is 11.9. The number of fused-ring (bicyclic) bond motifs is 1. The lowest BCUT2D eigenvalue weighted by Gasteiger charge is -2.25. The number of rotatable bonds is 7. The molecule has 37 heavy (non-hydrogen) atoms. The highest BCUT2D eigenvalue weighted by Gasteiger charge is 2.33. The molecule has 1 aliphatic rings. The molecule has 0 saturated heterocycles. The van der Waals surface area contributed by atoms with E-state index in [4.69, 9.17) is 5.26 Å². The van der Waals surface area contributed by atoms with Crippen LogP contribution >= 0.6 is 0 Å². The maximum Gasteiger partial charge on any atom is 0.272 e. The third-order valence-corrected chi connectivity index (χ3v) is 9.04. The number of aromatic nitrogens is 1. The molecule has 0 saturated carbocycles. The summed E-state index contributed by atoms with van der Waals surface area (Å²) >= 11 is 0. The maximum absolute atomic E-state index is 14.2. The normalized spacial score (nSPS) is 19.8. The Morgan fingerprint density at radius 3 is 2.78 bits per heavy atom. The van der Waals surface area contributed by atoms with Crippen molar-refractivity contribution in [1.29, 1.82) is 5.26 Å². The zero-order valence-electron chi connectivity index (χ0n) is 21.3. The number of nitrogens with zero attached hydrogens (tertiary/aromatic N) is 3. The van der Waals surface area contributed by atoms with Crippen molar-refractivity contribution in [3.05, 3.63) is 82.9 Å². The lowest BCUT2D eigenvalue weighted by atomic mass is 9.91. The highest BCUT2D eigenvalue weighted by Crippen LogP contribution is 2.31. The molecule has 0 spiro atoms. The number of hydrogen-bond donors (Lipinski definition) is 2. The first-order valence-electron chi connectivity index (χ1n) is 12.5.